The molecule has 0 aliphatic heterocycles. The average Bonchev–Trinajstić information content (AvgIpc) is 2.87. The molecule has 2 aromatic carbocycles. The van der Waals surface area contributed by atoms with E-state index < -0.39 is 15.6 Å². The van der Waals surface area contributed by atoms with Crippen molar-refractivity contribution in [2.75, 3.05) is 0 Å². The van der Waals surface area contributed by atoms with Crippen molar-refractivity contribution in [1.29, 1.82) is 0 Å². The first kappa shape index (κ1) is 17.2. The monoisotopic (exact) mass is 407 g/mol. The first-order valence-corrected chi connectivity index (χ1v) is 9.70. The molecule has 0 bridgehead atoms. The molecular formula is C18H18BrNO3S. The predicted molar refractivity (Wildman–Crippen MR) is 98.6 cm³/mol. The molecule has 24 heavy (non-hydrogen) atoms. The van der Waals surface area contributed by atoms with Crippen molar-refractivity contribution in [3.8, 4) is 0 Å². The second kappa shape index (κ2) is 5.72. The molecule has 0 unspecified atom stereocenters. The number of fused-ring (bicyclic) bond motifs is 1. The molecule has 4 nitrogen and oxygen atoms in total. The molecule has 126 valence electrons. The molecule has 1 aromatic heterocycles. The molecule has 1 N–H and O–H groups in total. The van der Waals surface area contributed by atoms with Crippen LogP contribution in [0.3, 0.4) is 0 Å². The summed E-state index contributed by atoms with van der Waals surface area (Å²) in [7, 11) is -3.82. The van der Waals surface area contributed by atoms with Crippen molar-refractivity contribution >= 4 is 36.9 Å². The zero-order chi connectivity index (χ0) is 17.7. The standard InChI is InChI=1S/C18H18BrNO3S/c1-12-4-7-15(8-5-12)24(22,23)20-16-9-6-14(19)10-13(16)11-17(20)18(2,3)21/h4-11,21H,1-3H3. The summed E-state index contributed by atoms with van der Waals surface area (Å²) >= 11 is 3.40. The molecule has 3 aromatic rings. The van der Waals surface area contributed by atoms with E-state index in [0.717, 1.165) is 15.4 Å². The Morgan fingerprint density at radius 3 is 2.25 bits per heavy atom. The molecule has 0 aliphatic rings. The van der Waals surface area contributed by atoms with Gasteiger partial charge in [-0.3, -0.25) is 0 Å². The van der Waals surface area contributed by atoms with Gasteiger partial charge in [0.25, 0.3) is 10.0 Å². The summed E-state index contributed by atoms with van der Waals surface area (Å²) in [5.41, 5.74) is 0.550. The van der Waals surface area contributed by atoms with Crippen molar-refractivity contribution in [3.63, 3.8) is 0 Å². The fraction of sp³-hybridized carbons (Fsp3) is 0.222. The van der Waals surface area contributed by atoms with Gasteiger partial charge in [0.2, 0.25) is 0 Å². The van der Waals surface area contributed by atoms with Crippen molar-refractivity contribution < 1.29 is 13.5 Å². The molecule has 0 saturated heterocycles. The minimum atomic E-state index is -3.82. The highest BCUT2D eigenvalue weighted by Gasteiger charge is 2.30. The first-order valence-electron chi connectivity index (χ1n) is 7.47. The predicted octanol–water partition coefficient (Wildman–Crippen LogP) is 4.18. The first-order chi connectivity index (χ1) is 11.1. The van der Waals surface area contributed by atoms with Crippen LogP contribution in [0, 0.1) is 6.92 Å². The number of halogens is 1. The Morgan fingerprint density at radius 1 is 1.04 bits per heavy atom. The lowest BCUT2D eigenvalue weighted by Crippen LogP contribution is -2.25. The topological polar surface area (TPSA) is 59.3 Å². The van der Waals surface area contributed by atoms with Crippen LogP contribution >= 0.6 is 15.9 Å². The van der Waals surface area contributed by atoms with E-state index in [9.17, 15) is 13.5 Å². The Labute approximate surface area is 149 Å². The van der Waals surface area contributed by atoms with E-state index in [2.05, 4.69) is 15.9 Å². The molecule has 0 amide bonds. The maximum atomic E-state index is 13.2. The van der Waals surface area contributed by atoms with Gasteiger partial charge >= 0.3 is 0 Å². The Kier molecular flexibility index (Phi) is 4.10. The van der Waals surface area contributed by atoms with Gasteiger partial charge < -0.3 is 5.11 Å². The summed E-state index contributed by atoms with van der Waals surface area (Å²) < 4.78 is 28.5. The van der Waals surface area contributed by atoms with Gasteiger partial charge in [0.05, 0.1) is 16.1 Å². The van der Waals surface area contributed by atoms with Gasteiger partial charge in [-0.1, -0.05) is 33.6 Å². The highest BCUT2D eigenvalue weighted by molar-refractivity contribution is 9.10. The molecule has 6 heteroatoms. The number of aromatic nitrogens is 1. The van der Waals surface area contributed by atoms with Crippen LogP contribution in [0.4, 0.5) is 0 Å². The van der Waals surface area contributed by atoms with Gasteiger partial charge in [0, 0.05) is 9.86 Å². The molecule has 3 rings (SSSR count). The van der Waals surface area contributed by atoms with Crippen molar-refractivity contribution in [2.24, 2.45) is 0 Å². The van der Waals surface area contributed by atoms with E-state index in [0.29, 0.717) is 11.2 Å². The van der Waals surface area contributed by atoms with Gasteiger partial charge in [-0.15, -0.1) is 0 Å². The van der Waals surface area contributed by atoms with Crippen LogP contribution in [0.1, 0.15) is 25.1 Å². The second-order valence-corrected chi connectivity index (χ2v) is 9.08. The second-order valence-electron chi connectivity index (χ2n) is 6.37. The van der Waals surface area contributed by atoms with Crippen LogP contribution in [0.5, 0.6) is 0 Å². The van der Waals surface area contributed by atoms with E-state index >= 15 is 0 Å². The molecule has 0 atom stereocenters. The maximum absolute atomic E-state index is 13.2. The highest BCUT2D eigenvalue weighted by atomic mass is 79.9. The summed E-state index contributed by atoms with van der Waals surface area (Å²) in [6.45, 7) is 5.07. The zero-order valence-corrected chi connectivity index (χ0v) is 16.0. The third kappa shape index (κ3) is 2.90. The summed E-state index contributed by atoms with van der Waals surface area (Å²) in [5.74, 6) is 0. The summed E-state index contributed by atoms with van der Waals surface area (Å²) in [6.07, 6.45) is 0. The van der Waals surface area contributed by atoms with Crippen molar-refractivity contribution in [2.45, 2.75) is 31.3 Å². The number of hydrogen-bond donors (Lipinski definition) is 1. The molecule has 0 saturated carbocycles. The number of rotatable bonds is 3. The largest absolute Gasteiger partial charge is 0.384 e. The van der Waals surface area contributed by atoms with E-state index in [-0.39, 0.29) is 4.90 Å². The van der Waals surface area contributed by atoms with Gasteiger partial charge in [0.15, 0.2) is 0 Å². The van der Waals surface area contributed by atoms with E-state index in [1.54, 1.807) is 56.3 Å². The fourth-order valence-electron chi connectivity index (χ4n) is 2.66. The highest BCUT2D eigenvalue weighted by Crippen LogP contribution is 2.33. The van der Waals surface area contributed by atoms with Crippen molar-refractivity contribution in [3.05, 3.63) is 64.3 Å². The van der Waals surface area contributed by atoms with Crippen LogP contribution in [0.25, 0.3) is 10.9 Å². The van der Waals surface area contributed by atoms with Gasteiger partial charge in [-0.2, -0.15) is 0 Å². The average molecular weight is 408 g/mol. The van der Waals surface area contributed by atoms with Crippen LogP contribution in [-0.4, -0.2) is 17.5 Å². The number of aliphatic hydroxyl groups is 1. The summed E-state index contributed by atoms with van der Waals surface area (Å²) in [4.78, 5) is 0.194. The Hall–Kier alpha value is -1.63. The number of benzene rings is 2. The third-order valence-corrected chi connectivity index (χ3v) is 6.14. The lowest BCUT2D eigenvalue weighted by atomic mass is 10.1. The van der Waals surface area contributed by atoms with Gasteiger partial charge in [-0.05, 0) is 57.2 Å². The number of nitrogens with zero attached hydrogens (tertiary/aromatic N) is 1. The summed E-state index contributed by atoms with van der Waals surface area (Å²) in [6, 6.07) is 13.8. The molecular weight excluding hydrogens is 390 g/mol. The fourth-order valence-corrected chi connectivity index (χ4v) is 4.69. The summed E-state index contributed by atoms with van der Waals surface area (Å²) in [5, 5.41) is 11.2. The smallest absolute Gasteiger partial charge is 0.268 e. The zero-order valence-electron chi connectivity index (χ0n) is 13.6. The van der Waals surface area contributed by atoms with Crippen LogP contribution < -0.4 is 0 Å². The van der Waals surface area contributed by atoms with Gasteiger partial charge in [-0.25, -0.2) is 12.4 Å². The quantitative estimate of drug-likeness (QED) is 0.708. The Balaban J connectivity index is 2.37. The Bertz CT molecular complexity index is 1010. The maximum Gasteiger partial charge on any atom is 0.268 e. The number of aryl methyl sites for hydroxylation is 1. The Morgan fingerprint density at radius 2 is 1.67 bits per heavy atom. The van der Waals surface area contributed by atoms with Gasteiger partial charge in [0.1, 0.15) is 5.60 Å². The normalized spacial score (nSPS) is 12.7. The minimum Gasteiger partial charge on any atom is -0.384 e. The van der Waals surface area contributed by atoms with Crippen LogP contribution in [0.2, 0.25) is 0 Å². The molecule has 1 heterocycles. The molecule has 0 spiro atoms. The van der Waals surface area contributed by atoms with Crippen LogP contribution in [0.15, 0.2) is 57.9 Å². The van der Waals surface area contributed by atoms with Crippen LogP contribution in [-0.2, 0) is 15.6 Å². The van der Waals surface area contributed by atoms with E-state index in [1.807, 2.05) is 13.0 Å². The van der Waals surface area contributed by atoms with Crippen molar-refractivity contribution in [1.82, 2.24) is 3.97 Å². The lowest BCUT2D eigenvalue weighted by molar-refractivity contribution is 0.0733. The third-order valence-electron chi connectivity index (χ3n) is 3.91. The SMILES string of the molecule is Cc1ccc(S(=O)(=O)n2c(C(C)(C)O)cc3cc(Br)ccc32)cc1. The number of hydrogen-bond acceptors (Lipinski definition) is 3. The molecule has 0 radical (unpaired) electrons. The van der Waals surface area contributed by atoms with E-state index in [1.165, 1.54) is 3.97 Å². The molecule has 0 aliphatic carbocycles. The van der Waals surface area contributed by atoms with E-state index in [4.69, 9.17) is 0 Å². The lowest BCUT2D eigenvalue weighted by Gasteiger charge is -2.21. The minimum absolute atomic E-state index is 0.194. The molecule has 0 fully saturated rings.